The molecule has 0 N–H and O–H groups in total. The molecule has 3 aromatic carbocycles. The highest BCUT2D eigenvalue weighted by Crippen LogP contribution is 2.10. The predicted octanol–water partition coefficient (Wildman–Crippen LogP) is 5.31. The largest absolute Gasteiger partial charge is 0.494 e. The highest BCUT2D eigenvalue weighted by atomic mass is 19.2. The Morgan fingerprint density at radius 2 is 1.27 bits per heavy atom. The van der Waals surface area contributed by atoms with Crippen molar-refractivity contribution < 1.29 is 32.3 Å². The van der Waals surface area contributed by atoms with E-state index in [4.69, 9.17) is 4.74 Å². The van der Waals surface area contributed by atoms with Gasteiger partial charge in [0, 0.05) is 11.1 Å². The van der Waals surface area contributed by atoms with Gasteiger partial charge in [0.2, 0.25) is 0 Å². The van der Waals surface area contributed by atoms with E-state index in [-0.39, 0.29) is 17.7 Å². The molecule has 0 atom stereocenters. The number of aldehydes is 3. The van der Waals surface area contributed by atoms with Gasteiger partial charge in [0.15, 0.2) is 17.9 Å². The molecule has 7 heteroatoms. The lowest BCUT2D eigenvalue weighted by Crippen LogP contribution is -1.90. The average Bonchev–Trinajstić information content (AvgIpc) is 2.78. The van der Waals surface area contributed by atoms with Crippen LogP contribution in [0.3, 0.4) is 0 Å². The van der Waals surface area contributed by atoms with Crippen LogP contribution in [0.5, 0.6) is 5.75 Å². The van der Waals surface area contributed by atoms with Gasteiger partial charge in [-0.3, -0.25) is 14.4 Å². The number of carbonyl (C=O) groups excluding carboxylic acids is 3. The number of carbonyl (C=O) groups is 3. The molecule has 0 radical (unpaired) electrons. The zero-order valence-corrected chi connectivity index (χ0v) is 16.1. The average molecular weight is 416 g/mol. The fourth-order valence-electron chi connectivity index (χ4n) is 1.96. The molecule has 0 aliphatic rings. The molecule has 0 amide bonds. The number of rotatable bonds is 5. The summed E-state index contributed by atoms with van der Waals surface area (Å²) in [5.41, 5.74) is 0.921. The minimum absolute atomic E-state index is 0.250. The fourth-order valence-corrected chi connectivity index (χ4v) is 1.96. The first-order chi connectivity index (χ1) is 14.4. The standard InChI is InChI=1S/C9H10O2.C7H4F2O.C7H5FO/c1-2-11-9-5-3-8(7-10)4-6-9;8-6-3-1-2-5(4-10)7(6)9;8-7-3-1-6(5-9)2-4-7/h3-7H,2H2,1H3;1-4H;1-5H. The zero-order chi connectivity index (χ0) is 22.4. The zero-order valence-electron chi connectivity index (χ0n) is 16.1. The van der Waals surface area contributed by atoms with Gasteiger partial charge >= 0.3 is 0 Å². The van der Waals surface area contributed by atoms with E-state index in [1.807, 2.05) is 6.92 Å². The second-order valence-corrected chi connectivity index (χ2v) is 5.55. The van der Waals surface area contributed by atoms with Crippen LogP contribution in [0.15, 0.2) is 66.7 Å². The van der Waals surface area contributed by atoms with Crippen molar-refractivity contribution in [2.24, 2.45) is 0 Å². The van der Waals surface area contributed by atoms with E-state index in [1.165, 1.54) is 36.4 Å². The highest BCUT2D eigenvalue weighted by Gasteiger charge is 2.04. The smallest absolute Gasteiger partial charge is 0.169 e. The summed E-state index contributed by atoms with van der Waals surface area (Å²) in [7, 11) is 0. The molecule has 0 aliphatic carbocycles. The number of hydrogen-bond acceptors (Lipinski definition) is 4. The molecule has 3 aromatic rings. The van der Waals surface area contributed by atoms with E-state index in [2.05, 4.69) is 0 Å². The Bertz CT molecular complexity index is 940. The summed E-state index contributed by atoms with van der Waals surface area (Å²) < 4.78 is 41.9. The second-order valence-electron chi connectivity index (χ2n) is 5.55. The molecule has 156 valence electrons. The van der Waals surface area contributed by atoms with Crippen LogP contribution in [0.4, 0.5) is 13.2 Å². The lowest BCUT2D eigenvalue weighted by atomic mass is 10.2. The Morgan fingerprint density at radius 1 is 0.733 bits per heavy atom. The summed E-state index contributed by atoms with van der Waals surface area (Å²) in [5, 5.41) is 0. The van der Waals surface area contributed by atoms with Crippen molar-refractivity contribution in [3.8, 4) is 5.75 Å². The maximum absolute atomic E-state index is 12.4. The van der Waals surface area contributed by atoms with Crippen LogP contribution in [0.25, 0.3) is 0 Å². The lowest BCUT2D eigenvalue weighted by Gasteiger charge is -2.00. The minimum Gasteiger partial charge on any atom is -0.494 e. The van der Waals surface area contributed by atoms with Gasteiger partial charge in [-0.15, -0.1) is 0 Å². The first-order valence-corrected chi connectivity index (χ1v) is 8.73. The van der Waals surface area contributed by atoms with Crippen molar-refractivity contribution >= 4 is 18.9 Å². The van der Waals surface area contributed by atoms with Crippen LogP contribution in [0.2, 0.25) is 0 Å². The number of benzene rings is 3. The number of hydrogen-bond donors (Lipinski definition) is 0. The molecule has 0 unspecified atom stereocenters. The Labute approximate surface area is 171 Å². The molecule has 3 rings (SSSR count). The first kappa shape index (κ1) is 24.3. The summed E-state index contributed by atoms with van der Waals surface area (Å²) in [6, 6.07) is 15.9. The summed E-state index contributed by atoms with van der Waals surface area (Å²) in [6.07, 6.45) is 1.77. The molecule has 0 bridgehead atoms. The van der Waals surface area contributed by atoms with E-state index in [1.54, 1.807) is 24.3 Å². The monoisotopic (exact) mass is 416 g/mol. The summed E-state index contributed by atoms with van der Waals surface area (Å²) in [5.74, 6) is -1.60. The van der Waals surface area contributed by atoms with Crippen LogP contribution >= 0.6 is 0 Å². The summed E-state index contributed by atoms with van der Waals surface area (Å²) >= 11 is 0. The van der Waals surface area contributed by atoms with Crippen molar-refractivity contribution in [2.75, 3.05) is 6.61 Å². The van der Waals surface area contributed by atoms with Gasteiger partial charge in [-0.1, -0.05) is 6.07 Å². The molecule has 0 fully saturated rings. The predicted molar refractivity (Wildman–Crippen MR) is 107 cm³/mol. The van der Waals surface area contributed by atoms with Gasteiger partial charge in [-0.25, -0.2) is 13.2 Å². The van der Waals surface area contributed by atoms with Crippen molar-refractivity contribution in [3.05, 3.63) is 101 Å². The van der Waals surface area contributed by atoms with E-state index in [0.29, 0.717) is 24.0 Å². The van der Waals surface area contributed by atoms with Gasteiger partial charge < -0.3 is 4.74 Å². The molecule has 0 aromatic heterocycles. The van der Waals surface area contributed by atoms with E-state index >= 15 is 0 Å². The Morgan fingerprint density at radius 3 is 1.70 bits per heavy atom. The van der Waals surface area contributed by atoms with Crippen LogP contribution in [0, 0.1) is 17.5 Å². The van der Waals surface area contributed by atoms with Crippen molar-refractivity contribution in [2.45, 2.75) is 6.92 Å². The van der Waals surface area contributed by atoms with E-state index in [9.17, 15) is 27.6 Å². The number of ether oxygens (including phenoxy) is 1. The Balaban J connectivity index is 0.000000226. The van der Waals surface area contributed by atoms with Gasteiger partial charge in [-0.05, 0) is 67.6 Å². The minimum atomic E-state index is -1.09. The summed E-state index contributed by atoms with van der Waals surface area (Å²) in [4.78, 5) is 30.2. The third-order valence-corrected chi connectivity index (χ3v) is 3.44. The van der Waals surface area contributed by atoms with E-state index < -0.39 is 11.6 Å². The normalized spacial score (nSPS) is 9.20. The Kier molecular flexibility index (Phi) is 10.9. The topological polar surface area (TPSA) is 60.4 Å². The number of halogens is 3. The maximum atomic E-state index is 12.4. The van der Waals surface area contributed by atoms with Crippen LogP contribution < -0.4 is 4.74 Å². The van der Waals surface area contributed by atoms with Gasteiger partial charge in [-0.2, -0.15) is 0 Å². The fraction of sp³-hybridized carbons (Fsp3) is 0.0870. The van der Waals surface area contributed by atoms with Crippen LogP contribution in [0.1, 0.15) is 38.0 Å². The molecule has 0 heterocycles. The molecule has 0 spiro atoms. The highest BCUT2D eigenvalue weighted by molar-refractivity contribution is 5.75. The Hall–Kier alpha value is -3.74. The van der Waals surface area contributed by atoms with E-state index in [0.717, 1.165) is 18.1 Å². The summed E-state index contributed by atoms with van der Waals surface area (Å²) in [6.45, 7) is 2.58. The molecule has 0 saturated heterocycles. The molecular weight excluding hydrogens is 397 g/mol. The molecule has 30 heavy (non-hydrogen) atoms. The van der Waals surface area contributed by atoms with Gasteiger partial charge in [0.25, 0.3) is 0 Å². The molecule has 0 saturated carbocycles. The third-order valence-electron chi connectivity index (χ3n) is 3.44. The quantitative estimate of drug-likeness (QED) is 0.529. The van der Waals surface area contributed by atoms with Gasteiger partial charge in [0.05, 0.1) is 12.2 Å². The third kappa shape index (κ3) is 8.52. The van der Waals surface area contributed by atoms with Crippen molar-refractivity contribution in [1.82, 2.24) is 0 Å². The molecule has 0 aliphatic heterocycles. The van der Waals surface area contributed by atoms with Crippen molar-refractivity contribution in [1.29, 1.82) is 0 Å². The molecular formula is C23H19F3O4. The van der Waals surface area contributed by atoms with Crippen LogP contribution in [-0.2, 0) is 0 Å². The van der Waals surface area contributed by atoms with Crippen LogP contribution in [-0.4, -0.2) is 25.5 Å². The SMILES string of the molecule is CCOc1ccc(C=O)cc1.O=Cc1ccc(F)cc1.O=Cc1cccc(F)c1F. The first-order valence-electron chi connectivity index (χ1n) is 8.73. The van der Waals surface area contributed by atoms with Gasteiger partial charge in [0.1, 0.15) is 24.1 Å². The van der Waals surface area contributed by atoms with Crippen molar-refractivity contribution in [3.63, 3.8) is 0 Å². The second kappa shape index (κ2) is 13.4. The molecule has 4 nitrogen and oxygen atoms in total. The lowest BCUT2D eigenvalue weighted by molar-refractivity contribution is 0.111. The maximum Gasteiger partial charge on any atom is 0.169 e.